The van der Waals surface area contributed by atoms with E-state index in [9.17, 15) is 14.7 Å². The first kappa shape index (κ1) is 19.4. The predicted octanol–water partition coefficient (Wildman–Crippen LogP) is 4.28. The predicted molar refractivity (Wildman–Crippen MR) is 103 cm³/mol. The summed E-state index contributed by atoms with van der Waals surface area (Å²) in [6, 6.07) is 0. The normalized spacial score (nSPS) is 51.7. The van der Waals surface area contributed by atoms with Crippen LogP contribution in [0.25, 0.3) is 0 Å². The van der Waals surface area contributed by atoms with Crippen LogP contribution in [0.15, 0.2) is 0 Å². The molecular formula is C23H36O4. The van der Waals surface area contributed by atoms with E-state index in [0.717, 1.165) is 38.5 Å². The number of rotatable bonds is 2. The fraction of sp³-hybridized carbons (Fsp3) is 0.913. The second kappa shape index (κ2) is 6.30. The number of esters is 1. The van der Waals surface area contributed by atoms with Gasteiger partial charge in [0.15, 0.2) is 5.78 Å². The molecule has 0 aliphatic heterocycles. The molecule has 0 heterocycles. The summed E-state index contributed by atoms with van der Waals surface area (Å²) >= 11 is 0. The summed E-state index contributed by atoms with van der Waals surface area (Å²) in [6.45, 7) is 7.76. The van der Waals surface area contributed by atoms with Gasteiger partial charge in [-0.25, -0.2) is 0 Å². The van der Waals surface area contributed by atoms with Crippen molar-refractivity contribution < 1.29 is 19.4 Å². The fourth-order valence-electron chi connectivity index (χ4n) is 8.15. The highest BCUT2D eigenvalue weighted by molar-refractivity contribution is 5.86. The molecule has 0 bridgehead atoms. The zero-order chi connectivity index (χ0) is 19.6. The molecule has 0 aromatic heterocycles. The van der Waals surface area contributed by atoms with Crippen LogP contribution in [-0.2, 0) is 14.3 Å². The van der Waals surface area contributed by atoms with E-state index in [2.05, 4.69) is 13.8 Å². The van der Waals surface area contributed by atoms with E-state index in [1.54, 1.807) is 6.92 Å². The molecule has 0 radical (unpaired) electrons. The minimum atomic E-state index is -1.12. The SMILES string of the molecule is CC(=O)O[C@H]1CC[C@@]2(C)[C@@H](CC[C@H]3[C@H]2CC[C@]2(C)[C@@H]3CC[C@@]2(O)C(C)=O)C1. The van der Waals surface area contributed by atoms with Crippen LogP contribution in [0.4, 0.5) is 0 Å². The molecule has 0 spiro atoms. The maximum absolute atomic E-state index is 12.3. The second-order valence-corrected chi connectivity index (χ2v) is 10.6. The molecule has 0 aromatic rings. The lowest BCUT2D eigenvalue weighted by molar-refractivity contribution is -0.175. The third kappa shape index (κ3) is 2.65. The summed E-state index contributed by atoms with van der Waals surface area (Å²) in [5.74, 6) is 2.22. The van der Waals surface area contributed by atoms with Gasteiger partial charge in [-0.15, -0.1) is 0 Å². The standard InChI is InChI=1S/C23H36O4/c1-14(24)23(26)12-9-20-18-6-5-16-13-17(27-15(2)25)7-10-21(16,3)19(18)8-11-22(20,23)4/h16-20,26H,5-13H2,1-4H3/t16-,17-,18-,19+,20+,21-,22+,23+/m0/s1. The van der Waals surface area contributed by atoms with Crippen LogP contribution in [0.3, 0.4) is 0 Å². The van der Waals surface area contributed by atoms with Crippen molar-refractivity contribution in [3.63, 3.8) is 0 Å². The van der Waals surface area contributed by atoms with E-state index in [1.165, 1.54) is 19.8 Å². The lowest BCUT2D eigenvalue weighted by Crippen LogP contribution is -2.58. The summed E-state index contributed by atoms with van der Waals surface area (Å²) in [6.07, 6.45) is 9.34. The second-order valence-electron chi connectivity index (χ2n) is 10.6. The Labute approximate surface area is 163 Å². The van der Waals surface area contributed by atoms with Crippen molar-refractivity contribution in [2.75, 3.05) is 0 Å². The highest BCUT2D eigenvalue weighted by atomic mass is 16.5. The van der Waals surface area contributed by atoms with Crippen molar-refractivity contribution in [3.8, 4) is 0 Å². The van der Waals surface area contributed by atoms with Crippen molar-refractivity contribution in [1.29, 1.82) is 0 Å². The number of Topliss-reactive ketones (excluding diaryl/α,β-unsaturated/α-hetero) is 1. The molecule has 4 fully saturated rings. The third-order valence-corrected chi connectivity index (χ3v) is 9.68. The van der Waals surface area contributed by atoms with Crippen LogP contribution in [0.1, 0.15) is 85.5 Å². The van der Waals surface area contributed by atoms with Gasteiger partial charge in [-0.05, 0) is 93.8 Å². The first-order valence-electron chi connectivity index (χ1n) is 11.0. The number of carbonyl (C=O) groups excluding carboxylic acids is 2. The largest absolute Gasteiger partial charge is 0.463 e. The van der Waals surface area contributed by atoms with Crippen LogP contribution in [-0.4, -0.2) is 28.6 Å². The molecule has 4 saturated carbocycles. The number of hydrogen-bond donors (Lipinski definition) is 1. The summed E-state index contributed by atoms with van der Waals surface area (Å²) < 4.78 is 5.55. The van der Waals surface area contributed by atoms with Crippen LogP contribution >= 0.6 is 0 Å². The molecular weight excluding hydrogens is 340 g/mol. The Morgan fingerprint density at radius 3 is 2.30 bits per heavy atom. The number of hydrogen-bond acceptors (Lipinski definition) is 4. The van der Waals surface area contributed by atoms with Gasteiger partial charge in [-0.2, -0.15) is 0 Å². The number of carbonyl (C=O) groups is 2. The van der Waals surface area contributed by atoms with Gasteiger partial charge in [0.2, 0.25) is 0 Å². The molecule has 27 heavy (non-hydrogen) atoms. The smallest absolute Gasteiger partial charge is 0.302 e. The van der Waals surface area contributed by atoms with Gasteiger partial charge in [0.25, 0.3) is 0 Å². The average Bonchev–Trinajstić information content (AvgIpc) is 2.87. The topological polar surface area (TPSA) is 63.6 Å². The minimum Gasteiger partial charge on any atom is -0.463 e. The minimum absolute atomic E-state index is 0.0345. The third-order valence-electron chi connectivity index (χ3n) is 9.68. The van der Waals surface area contributed by atoms with Crippen molar-refractivity contribution in [3.05, 3.63) is 0 Å². The molecule has 152 valence electrons. The van der Waals surface area contributed by atoms with E-state index in [0.29, 0.717) is 35.5 Å². The molecule has 1 N–H and O–H groups in total. The maximum Gasteiger partial charge on any atom is 0.302 e. The van der Waals surface area contributed by atoms with E-state index >= 15 is 0 Å². The Bertz CT molecular complexity index is 644. The Kier molecular flexibility index (Phi) is 4.53. The van der Waals surface area contributed by atoms with E-state index in [4.69, 9.17) is 4.74 Å². The molecule has 0 unspecified atom stereocenters. The molecule has 4 aliphatic carbocycles. The first-order valence-corrected chi connectivity index (χ1v) is 11.0. The molecule has 4 rings (SSSR count). The average molecular weight is 377 g/mol. The van der Waals surface area contributed by atoms with E-state index in [-0.39, 0.29) is 23.3 Å². The highest BCUT2D eigenvalue weighted by Crippen LogP contribution is 2.68. The van der Waals surface area contributed by atoms with Gasteiger partial charge in [0.1, 0.15) is 11.7 Å². The number of fused-ring (bicyclic) bond motifs is 5. The van der Waals surface area contributed by atoms with Gasteiger partial charge in [-0.3, -0.25) is 9.59 Å². The van der Waals surface area contributed by atoms with Crippen molar-refractivity contribution in [1.82, 2.24) is 0 Å². The van der Waals surface area contributed by atoms with Crippen LogP contribution in [0.5, 0.6) is 0 Å². The maximum atomic E-state index is 12.3. The van der Waals surface area contributed by atoms with Crippen molar-refractivity contribution >= 4 is 11.8 Å². The number of aliphatic hydroxyl groups is 1. The van der Waals surface area contributed by atoms with Gasteiger partial charge in [0.05, 0.1) is 0 Å². The highest BCUT2D eigenvalue weighted by Gasteiger charge is 2.66. The quantitative estimate of drug-likeness (QED) is 0.731. The molecule has 0 aromatic carbocycles. The number of ketones is 1. The molecule has 4 nitrogen and oxygen atoms in total. The molecule has 4 heteroatoms. The van der Waals surface area contributed by atoms with E-state index in [1.807, 2.05) is 0 Å². The molecule has 0 saturated heterocycles. The zero-order valence-corrected chi connectivity index (χ0v) is 17.4. The van der Waals surface area contributed by atoms with Crippen LogP contribution < -0.4 is 0 Å². The molecule has 8 atom stereocenters. The molecule has 4 aliphatic rings. The Morgan fingerprint density at radius 2 is 1.63 bits per heavy atom. The molecule has 0 amide bonds. The summed E-state index contributed by atoms with van der Waals surface area (Å²) in [4.78, 5) is 23.7. The lowest BCUT2D eigenvalue weighted by Gasteiger charge is -2.61. The number of ether oxygens (including phenoxy) is 1. The summed E-state index contributed by atoms with van der Waals surface area (Å²) in [5, 5.41) is 11.2. The first-order chi connectivity index (χ1) is 12.6. The van der Waals surface area contributed by atoms with Gasteiger partial charge in [0, 0.05) is 12.3 Å². The van der Waals surface area contributed by atoms with Gasteiger partial charge < -0.3 is 9.84 Å². The fourth-order valence-corrected chi connectivity index (χ4v) is 8.15. The Balaban J connectivity index is 1.56. The zero-order valence-electron chi connectivity index (χ0n) is 17.4. The van der Waals surface area contributed by atoms with E-state index < -0.39 is 5.60 Å². The van der Waals surface area contributed by atoms with Gasteiger partial charge >= 0.3 is 5.97 Å². The Hall–Kier alpha value is -0.900. The monoisotopic (exact) mass is 376 g/mol. The van der Waals surface area contributed by atoms with Crippen LogP contribution in [0, 0.1) is 34.5 Å². The Morgan fingerprint density at radius 1 is 0.926 bits per heavy atom. The van der Waals surface area contributed by atoms with Crippen molar-refractivity contribution in [2.24, 2.45) is 34.5 Å². The van der Waals surface area contributed by atoms with Gasteiger partial charge in [-0.1, -0.05) is 13.8 Å². The summed E-state index contributed by atoms with van der Waals surface area (Å²) in [7, 11) is 0. The van der Waals surface area contributed by atoms with Crippen LogP contribution in [0.2, 0.25) is 0 Å². The van der Waals surface area contributed by atoms with Crippen molar-refractivity contribution in [2.45, 2.75) is 97.2 Å². The summed E-state index contributed by atoms with van der Waals surface area (Å²) in [5.41, 5.74) is -1.05. The lowest BCUT2D eigenvalue weighted by atomic mass is 9.44.